The maximum absolute atomic E-state index is 11.8. The van der Waals surface area contributed by atoms with E-state index < -0.39 is 0 Å². The number of benzene rings is 1. The third-order valence-corrected chi connectivity index (χ3v) is 3.35. The Balaban J connectivity index is 0.000000344. The van der Waals surface area contributed by atoms with E-state index in [1.165, 1.54) is 5.92 Å². The van der Waals surface area contributed by atoms with E-state index in [2.05, 4.69) is 0 Å². The van der Waals surface area contributed by atoms with Gasteiger partial charge in [0, 0.05) is 17.0 Å². The fourth-order valence-electron chi connectivity index (χ4n) is 1.94. The molecule has 0 amide bonds. The molecule has 0 spiro atoms. The number of hydrogen-bond donors (Lipinski definition) is 0. The molecule has 1 aromatic carbocycles. The normalized spacial score (nSPS) is 17.5. The summed E-state index contributed by atoms with van der Waals surface area (Å²) >= 11 is 5.76. The Labute approximate surface area is 150 Å². The van der Waals surface area contributed by atoms with E-state index in [0.29, 0.717) is 11.4 Å². The van der Waals surface area contributed by atoms with E-state index in [9.17, 15) is 4.79 Å². The number of rotatable bonds is 4. The van der Waals surface area contributed by atoms with Gasteiger partial charge in [-0.1, -0.05) is 11.6 Å². The van der Waals surface area contributed by atoms with Crippen LogP contribution in [0, 0.1) is 63.7 Å². The molecule has 2 aliphatic carbocycles. The fraction of sp³-hybridized carbons (Fsp3) is 0.105. The van der Waals surface area contributed by atoms with Crippen molar-refractivity contribution in [2.24, 2.45) is 0 Å². The van der Waals surface area contributed by atoms with E-state index in [-0.39, 0.29) is 22.9 Å². The van der Waals surface area contributed by atoms with Gasteiger partial charge in [0.05, 0.1) is 0 Å². The zero-order valence-electron chi connectivity index (χ0n) is 12.1. The van der Waals surface area contributed by atoms with Crippen molar-refractivity contribution in [1.82, 2.24) is 0 Å². The third-order valence-electron chi connectivity index (χ3n) is 3.09. The third kappa shape index (κ3) is 7.31. The Morgan fingerprint density at radius 2 is 1.32 bits per heavy atom. The minimum atomic E-state index is 0. The van der Waals surface area contributed by atoms with Gasteiger partial charge in [-0.15, -0.1) is 0 Å². The van der Waals surface area contributed by atoms with Gasteiger partial charge < -0.3 is 0 Å². The molecule has 2 saturated carbocycles. The summed E-state index contributed by atoms with van der Waals surface area (Å²) < 4.78 is 0. The molecule has 2 fully saturated rings. The van der Waals surface area contributed by atoms with Crippen molar-refractivity contribution in [1.29, 1.82) is 0 Å². The van der Waals surface area contributed by atoms with Crippen LogP contribution in [0.1, 0.15) is 23.2 Å². The van der Waals surface area contributed by atoms with Crippen molar-refractivity contribution in [3.63, 3.8) is 0 Å². The van der Waals surface area contributed by atoms with Crippen LogP contribution in [0.3, 0.4) is 0 Å². The van der Waals surface area contributed by atoms with Crippen LogP contribution in [-0.4, -0.2) is 5.78 Å². The molecule has 2 aliphatic rings. The van der Waals surface area contributed by atoms with Crippen LogP contribution in [0.5, 0.6) is 0 Å². The Hall–Kier alpha value is -0.301. The van der Waals surface area contributed by atoms with Crippen molar-refractivity contribution in [3.8, 4) is 0 Å². The van der Waals surface area contributed by atoms with Crippen LogP contribution in [0.2, 0.25) is 5.02 Å². The van der Waals surface area contributed by atoms with Gasteiger partial charge in [0.15, 0.2) is 5.78 Å². The fourth-order valence-corrected chi connectivity index (χ4v) is 2.07. The molecule has 0 aromatic heterocycles. The van der Waals surface area contributed by atoms with Crippen LogP contribution in [0.4, 0.5) is 0 Å². The molecule has 112 valence electrons. The standard InChI is InChI=1S/C14H12ClO.C5H5.Fe/c15-13-8-6-12(7-9-13)14(16)10-5-11-3-1-2-4-11;1-2-4-5-3-1;/h1-4,6-9H,5,10H2;1-5H;/q;;+2. The van der Waals surface area contributed by atoms with Gasteiger partial charge in [-0.2, -0.15) is 0 Å². The van der Waals surface area contributed by atoms with E-state index in [1.807, 2.05) is 57.8 Å². The second-order valence-electron chi connectivity index (χ2n) is 4.69. The average molecular weight is 353 g/mol. The monoisotopic (exact) mass is 352 g/mol. The first-order valence-electron chi connectivity index (χ1n) is 6.92. The molecule has 3 heteroatoms. The SMILES string of the molecule is O=C(CC[C]1[CH][CH][CH][CH]1)c1ccc(Cl)cc1.[CH]1[CH][CH][CH][CH]1.[Fe+2]. The summed E-state index contributed by atoms with van der Waals surface area (Å²) in [6.45, 7) is 0. The van der Waals surface area contributed by atoms with Crippen LogP contribution < -0.4 is 0 Å². The number of carbonyl (C=O) groups excluding carboxylic acids is 1. The Bertz CT molecular complexity index is 412. The topological polar surface area (TPSA) is 17.1 Å². The Morgan fingerprint density at radius 3 is 1.82 bits per heavy atom. The van der Waals surface area contributed by atoms with Crippen LogP contribution >= 0.6 is 11.6 Å². The molecular weight excluding hydrogens is 336 g/mol. The summed E-state index contributed by atoms with van der Waals surface area (Å²) in [6, 6.07) is 7.04. The first kappa shape index (κ1) is 19.7. The largest absolute Gasteiger partial charge is 2.00 e. The Kier molecular flexibility index (Phi) is 10.1. The zero-order chi connectivity index (χ0) is 14.9. The minimum absolute atomic E-state index is 0. The second kappa shape index (κ2) is 11.3. The van der Waals surface area contributed by atoms with Crippen LogP contribution in [0.25, 0.3) is 0 Å². The molecule has 1 aromatic rings. The predicted octanol–water partition coefficient (Wildman–Crippen LogP) is 4.73. The summed E-state index contributed by atoms with van der Waals surface area (Å²) in [5.41, 5.74) is 0.732. The quantitative estimate of drug-likeness (QED) is 0.566. The molecule has 0 atom stereocenters. The molecule has 0 heterocycles. The van der Waals surface area contributed by atoms with Crippen LogP contribution in [-0.2, 0) is 17.1 Å². The number of ketones is 1. The van der Waals surface area contributed by atoms with E-state index in [0.717, 1.165) is 12.0 Å². The number of Topliss-reactive ketones (excluding diaryl/α,β-unsaturated/α-hetero) is 1. The average Bonchev–Trinajstić information content (AvgIpc) is 3.21. The molecule has 0 bridgehead atoms. The number of halogens is 1. The van der Waals surface area contributed by atoms with E-state index >= 15 is 0 Å². The molecule has 10 radical (unpaired) electrons. The second-order valence-corrected chi connectivity index (χ2v) is 5.12. The molecule has 0 unspecified atom stereocenters. The van der Waals surface area contributed by atoms with Gasteiger partial charge in [-0.3, -0.25) is 4.79 Å². The molecule has 3 rings (SSSR count). The van der Waals surface area contributed by atoms with Gasteiger partial charge >= 0.3 is 17.1 Å². The Morgan fingerprint density at radius 1 is 0.818 bits per heavy atom. The van der Waals surface area contributed by atoms with Crippen molar-refractivity contribution >= 4 is 17.4 Å². The van der Waals surface area contributed by atoms with Gasteiger partial charge in [0.1, 0.15) is 0 Å². The summed E-state index contributed by atoms with van der Waals surface area (Å²) in [5.74, 6) is 1.38. The van der Waals surface area contributed by atoms with Gasteiger partial charge in [-0.25, -0.2) is 0 Å². The number of hydrogen-bond acceptors (Lipinski definition) is 1. The van der Waals surface area contributed by atoms with Gasteiger partial charge in [0.2, 0.25) is 0 Å². The molecule has 1 nitrogen and oxygen atoms in total. The van der Waals surface area contributed by atoms with Crippen molar-refractivity contribution < 1.29 is 21.9 Å². The first-order valence-corrected chi connectivity index (χ1v) is 7.29. The molecule has 22 heavy (non-hydrogen) atoms. The molecule has 0 aliphatic heterocycles. The van der Waals surface area contributed by atoms with Crippen molar-refractivity contribution in [3.05, 3.63) is 98.6 Å². The van der Waals surface area contributed by atoms with Gasteiger partial charge in [-0.05, 0) is 94.4 Å². The van der Waals surface area contributed by atoms with Crippen molar-refractivity contribution in [2.75, 3.05) is 0 Å². The zero-order valence-corrected chi connectivity index (χ0v) is 13.9. The molecule has 0 N–H and O–H groups in total. The maximum Gasteiger partial charge on any atom is 2.00 e. The summed E-state index contributed by atoms with van der Waals surface area (Å²) in [5, 5.41) is 0.660. The first-order chi connectivity index (χ1) is 10.3. The minimum Gasteiger partial charge on any atom is -0.294 e. The summed E-state index contributed by atoms with van der Waals surface area (Å²) in [4.78, 5) is 11.8. The smallest absolute Gasteiger partial charge is 0.294 e. The number of carbonyl (C=O) groups is 1. The van der Waals surface area contributed by atoms with Crippen molar-refractivity contribution in [2.45, 2.75) is 12.8 Å². The summed E-state index contributed by atoms with van der Waals surface area (Å²) in [6.07, 6.45) is 19.4. The maximum atomic E-state index is 11.8. The van der Waals surface area contributed by atoms with Gasteiger partial charge in [0.25, 0.3) is 0 Å². The summed E-state index contributed by atoms with van der Waals surface area (Å²) in [7, 11) is 0. The predicted molar refractivity (Wildman–Crippen MR) is 87.0 cm³/mol. The van der Waals surface area contributed by atoms with E-state index in [1.54, 1.807) is 24.3 Å². The molecule has 0 saturated heterocycles. The molecular formula is C19H17ClFeO+2. The van der Waals surface area contributed by atoms with E-state index in [4.69, 9.17) is 11.6 Å². The van der Waals surface area contributed by atoms with Crippen LogP contribution in [0.15, 0.2) is 24.3 Å².